The first-order valence-electron chi connectivity index (χ1n) is 12.2. The largest absolute Gasteiger partial charge is 0.488 e. The SMILES string of the molecule is C[C@@H]1C[C@H](N)C[C@H](c2ccncc2NC(=O)c2ccc(F)c(-c3c(F)ccc(OC[C@H](O)CO)c3F)n2)C1. The van der Waals surface area contributed by atoms with Crippen LogP contribution in [0.3, 0.4) is 0 Å². The summed E-state index contributed by atoms with van der Waals surface area (Å²) in [4.78, 5) is 21.1. The molecule has 1 saturated carbocycles. The number of amides is 1. The van der Waals surface area contributed by atoms with Gasteiger partial charge in [-0.05, 0) is 67.0 Å². The standard InChI is InChI=1S/C27H29F3N4O4/c1-14-8-15(10-16(31)9-14)18-6-7-32-11-22(18)34-27(37)21-4-2-20(29)26(33-21)24-19(28)3-5-23(25(24)30)38-13-17(36)12-35/h2-7,11,14-17,35-36H,8-10,12-13,31H2,1H3,(H,34,37)/t14-,15+,16-,17+/m0/s1. The first-order chi connectivity index (χ1) is 18.2. The molecule has 4 rings (SSSR count). The molecule has 0 radical (unpaired) electrons. The van der Waals surface area contributed by atoms with E-state index in [9.17, 15) is 18.7 Å². The van der Waals surface area contributed by atoms with E-state index in [-0.39, 0.29) is 17.7 Å². The number of rotatable bonds is 8. The zero-order valence-corrected chi connectivity index (χ0v) is 20.7. The molecule has 1 aromatic carbocycles. The average Bonchev–Trinajstić information content (AvgIpc) is 2.88. The van der Waals surface area contributed by atoms with Crippen LogP contribution < -0.4 is 15.8 Å². The van der Waals surface area contributed by atoms with Crippen molar-refractivity contribution in [1.82, 2.24) is 9.97 Å². The molecule has 2 aromatic heterocycles. The molecule has 11 heteroatoms. The van der Waals surface area contributed by atoms with Crippen LogP contribution in [0.15, 0.2) is 42.7 Å². The minimum absolute atomic E-state index is 0.0400. The highest BCUT2D eigenvalue weighted by Gasteiger charge is 2.28. The third-order valence-corrected chi connectivity index (χ3v) is 6.54. The molecule has 0 saturated heterocycles. The zero-order valence-electron chi connectivity index (χ0n) is 20.7. The number of aromatic nitrogens is 2. The van der Waals surface area contributed by atoms with Crippen LogP contribution in [0.1, 0.15) is 48.2 Å². The molecule has 202 valence electrons. The second-order valence-corrected chi connectivity index (χ2v) is 9.60. The normalized spacial score (nSPS) is 20.1. The molecule has 3 aromatic rings. The van der Waals surface area contributed by atoms with E-state index in [1.165, 1.54) is 6.20 Å². The number of hydrogen-bond acceptors (Lipinski definition) is 7. The van der Waals surface area contributed by atoms with E-state index >= 15 is 4.39 Å². The molecule has 1 aliphatic carbocycles. The molecule has 0 unspecified atom stereocenters. The molecule has 4 atom stereocenters. The van der Waals surface area contributed by atoms with Crippen LogP contribution in [0.25, 0.3) is 11.3 Å². The van der Waals surface area contributed by atoms with E-state index in [1.54, 1.807) is 6.20 Å². The van der Waals surface area contributed by atoms with Crippen molar-refractivity contribution in [3.63, 3.8) is 0 Å². The first kappa shape index (κ1) is 27.5. The van der Waals surface area contributed by atoms with E-state index in [0.29, 0.717) is 11.6 Å². The van der Waals surface area contributed by atoms with Gasteiger partial charge in [-0.15, -0.1) is 0 Å². The zero-order chi connectivity index (χ0) is 27.4. The molecule has 1 aliphatic rings. The van der Waals surface area contributed by atoms with Crippen LogP contribution in [0.4, 0.5) is 18.9 Å². The molecule has 0 bridgehead atoms. The molecule has 0 spiro atoms. The van der Waals surface area contributed by atoms with Crippen LogP contribution >= 0.6 is 0 Å². The van der Waals surface area contributed by atoms with Gasteiger partial charge < -0.3 is 26.0 Å². The summed E-state index contributed by atoms with van der Waals surface area (Å²) in [5.74, 6) is -4.12. The topological polar surface area (TPSA) is 131 Å². The van der Waals surface area contributed by atoms with Crippen molar-refractivity contribution in [1.29, 1.82) is 0 Å². The van der Waals surface area contributed by atoms with Crippen LogP contribution in [0, 0.1) is 23.4 Å². The Morgan fingerprint density at radius 1 is 1.16 bits per heavy atom. The number of aliphatic hydroxyl groups excluding tert-OH is 2. The van der Waals surface area contributed by atoms with Gasteiger partial charge in [-0.2, -0.15) is 0 Å². The highest BCUT2D eigenvalue weighted by Crippen LogP contribution is 2.38. The van der Waals surface area contributed by atoms with Crippen molar-refractivity contribution in [2.45, 2.75) is 44.2 Å². The first-order valence-corrected chi connectivity index (χ1v) is 12.2. The molecular formula is C27H29F3N4O4. The molecule has 1 amide bonds. The molecule has 1 fully saturated rings. The maximum atomic E-state index is 15.1. The Kier molecular flexibility index (Phi) is 8.60. The maximum absolute atomic E-state index is 15.1. The summed E-state index contributed by atoms with van der Waals surface area (Å²) >= 11 is 0. The number of nitrogens with zero attached hydrogens (tertiary/aromatic N) is 2. The van der Waals surface area contributed by atoms with E-state index < -0.39 is 59.7 Å². The van der Waals surface area contributed by atoms with Gasteiger partial charge in [-0.3, -0.25) is 9.78 Å². The van der Waals surface area contributed by atoms with Gasteiger partial charge in [-0.1, -0.05) is 6.92 Å². The van der Waals surface area contributed by atoms with Crippen molar-refractivity contribution >= 4 is 11.6 Å². The molecule has 38 heavy (non-hydrogen) atoms. The predicted octanol–water partition coefficient (Wildman–Crippen LogP) is 3.78. The van der Waals surface area contributed by atoms with Crippen molar-refractivity contribution in [3.05, 3.63) is 71.4 Å². The summed E-state index contributed by atoms with van der Waals surface area (Å²) in [6.07, 6.45) is 4.41. The Hall–Kier alpha value is -3.54. The predicted molar refractivity (Wildman–Crippen MR) is 134 cm³/mol. The molecule has 8 nitrogen and oxygen atoms in total. The molecular weight excluding hydrogens is 501 g/mol. The Balaban J connectivity index is 1.62. The Labute approximate surface area is 217 Å². The number of pyridine rings is 2. The number of anilines is 1. The Morgan fingerprint density at radius 2 is 1.92 bits per heavy atom. The van der Waals surface area contributed by atoms with Crippen LogP contribution in [-0.4, -0.2) is 51.4 Å². The lowest BCUT2D eigenvalue weighted by Gasteiger charge is -2.32. The minimum Gasteiger partial charge on any atom is -0.488 e. The summed E-state index contributed by atoms with van der Waals surface area (Å²) in [5, 5.41) is 21.1. The van der Waals surface area contributed by atoms with Crippen LogP contribution in [0.2, 0.25) is 0 Å². The van der Waals surface area contributed by atoms with Gasteiger partial charge in [0.05, 0.1) is 24.1 Å². The fourth-order valence-corrected chi connectivity index (χ4v) is 4.81. The number of aliphatic hydroxyl groups is 2. The van der Waals surface area contributed by atoms with E-state index in [0.717, 1.165) is 49.1 Å². The van der Waals surface area contributed by atoms with Crippen molar-refractivity contribution in [2.75, 3.05) is 18.5 Å². The molecule has 5 N–H and O–H groups in total. The van der Waals surface area contributed by atoms with Gasteiger partial charge in [0.15, 0.2) is 11.6 Å². The van der Waals surface area contributed by atoms with Gasteiger partial charge >= 0.3 is 0 Å². The van der Waals surface area contributed by atoms with Gasteiger partial charge in [0.1, 0.15) is 35.7 Å². The number of ether oxygens (including phenoxy) is 1. The third kappa shape index (κ3) is 6.12. The monoisotopic (exact) mass is 530 g/mol. The lowest BCUT2D eigenvalue weighted by Crippen LogP contribution is -2.31. The van der Waals surface area contributed by atoms with E-state index in [2.05, 4.69) is 22.2 Å². The highest BCUT2D eigenvalue weighted by molar-refractivity contribution is 6.03. The minimum atomic E-state index is -1.30. The third-order valence-electron chi connectivity index (χ3n) is 6.54. The van der Waals surface area contributed by atoms with Crippen molar-refractivity contribution < 1.29 is 32.9 Å². The maximum Gasteiger partial charge on any atom is 0.274 e. The van der Waals surface area contributed by atoms with Crippen LogP contribution in [-0.2, 0) is 0 Å². The number of hydrogen-bond donors (Lipinski definition) is 4. The summed E-state index contributed by atoms with van der Waals surface area (Å²) in [5.41, 5.74) is 5.70. The number of carbonyl (C=O) groups excluding carboxylic acids is 1. The lowest BCUT2D eigenvalue weighted by molar-refractivity contribution is 0.0523. The Morgan fingerprint density at radius 3 is 2.66 bits per heavy atom. The number of benzene rings is 1. The molecule has 0 aliphatic heterocycles. The summed E-state index contributed by atoms with van der Waals surface area (Å²) in [7, 11) is 0. The quantitative estimate of drug-likeness (QED) is 0.349. The fourth-order valence-electron chi connectivity index (χ4n) is 4.81. The van der Waals surface area contributed by atoms with Crippen LogP contribution in [0.5, 0.6) is 5.75 Å². The number of carbonyl (C=O) groups is 1. The number of halogens is 3. The second kappa shape index (κ2) is 11.9. The smallest absolute Gasteiger partial charge is 0.274 e. The summed E-state index contributed by atoms with van der Waals surface area (Å²) in [6, 6.07) is 5.68. The van der Waals surface area contributed by atoms with E-state index in [4.69, 9.17) is 15.6 Å². The van der Waals surface area contributed by atoms with Gasteiger partial charge in [0, 0.05) is 12.2 Å². The Bertz CT molecular complexity index is 1300. The number of nitrogens with two attached hydrogens (primary N) is 1. The summed E-state index contributed by atoms with van der Waals surface area (Å²) in [6.45, 7) is 1.02. The van der Waals surface area contributed by atoms with Crippen molar-refractivity contribution in [3.8, 4) is 17.0 Å². The number of nitrogens with one attached hydrogen (secondary N) is 1. The average molecular weight is 531 g/mol. The van der Waals surface area contributed by atoms with Gasteiger partial charge in [0.2, 0.25) is 0 Å². The van der Waals surface area contributed by atoms with E-state index in [1.807, 2.05) is 6.07 Å². The molecule has 2 heterocycles. The fraction of sp³-hybridized carbons (Fsp3) is 0.370. The second-order valence-electron chi connectivity index (χ2n) is 9.60. The van der Waals surface area contributed by atoms with Gasteiger partial charge in [-0.25, -0.2) is 18.2 Å². The highest BCUT2D eigenvalue weighted by atomic mass is 19.1. The summed E-state index contributed by atoms with van der Waals surface area (Å²) < 4.78 is 49.6. The van der Waals surface area contributed by atoms with Crippen molar-refractivity contribution in [2.24, 2.45) is 11.7 Å². The van der Waals surface area contributed by atoms with Gasteiger partial charge in [0.25, 0.3) is 5.91 Å². The lowest BCUT2D eigenvalue weighted by atomic mass is 9.76.